The van der Waals surface area contributed by atoms with Gasteiger partial charge in [0.05, 0.1) is 10.5 Å². The molecule has 5 N–H and O–H groups in total. The molecule has 0 aliphatic heterocycles. The van der Waals surface area contributed by atoms with Gasteiger partial charge in [0.2, 0.25) is 10.0 Å². The Balaban J connectivity index is 3.02. The predicted molar refractivity (Wildman–Crippen MR) is 75.6 cm³/mol. The Labute approximate surface area is 122 Å². The van der Waals surface area contributed by atoms with Crippen LogP contribution in [0.1, 0.15) is 21.5 Å². The van der Waals surface area contributed by atoms with E-state index in [0.717, 1.165) is 6.07 Å². The fraction of sp³-hybridized carbons (Fsp3) is 0.333. The standard InChI is InChI=1S/C12H17N3O5S/c1-7-5-9(11(16)17)6-10(8(7)2)21(19,20)15-4-3-14-12(13)18/h5-6,15H,3-4H2,1-2H3,(H,16,17)(H3,13,14,18). The highest BCUT2D eigenvalue weighted by molar-refractivity contribution is 7.89. The van der Waals surface area contributed by atoms with Gasteiger partial charge in [-0.25, -0.2) is 22.7 Å². The summed E-state index contributed by atoms with van der Waals surface area (Å²) in [5.74, 6) is -1.20. The van der Waals surface area contributed by atoms with Crippen molar-refractivity contribution in [2.45, 2.75) is 18.7 Å². The number of nitrogens with one attached hydrogen (secondary N) is 2. The lowest BCUT2D eigenvalue weighted by Crippen LogP contribution is -2.37. The van der Waals surface area contributed by atoms with E-state index < -0.39 is 22.0 Å². The van der Waals surface area contributed by atoms with Gasteiger partial charge in [-0.05, 0) is 37.1 Å². The molecule has 21 heavy (non-hydrogen) atoms. The minimum Gasteiger partial charge on any atom is -0.478 e. The second-order valence-corrected chi connectivity index (χ2v) is 6.15. The molecule has 0 fully saturated rings. The van der Waals surface area contributed by atoms with Crippen LogP contribution in [0.4, 0.5) is 4.79 Å². The van der Waals surface area contributed by atoms with Crippen LogP contribution in [-0.4, -0.2) is 38.6 Å². The molecular weight excluding hydrogens is 298 g/mol. The number of rotatable bonds is 6. The summed E-state index contributed by atoms with van der Waals surface area (Å²) >= 11 is 0. The molecule has 0 atom stereocenters. The number of aromatic carboxylic acids is 1. The summed E-state index contributed by atoms with van der Waals surface area (Å²) in [6, 6.07) is 1.76. The lowest BCUT2D eigenvalue weighted by Gasteiger charge is -2.12. The quantitative estimate of drug-likeness (QED) is 0.545. The number of aryl methyl sites for hydroxylation is 1. The van der Waals surface area contributed by atoms with Gasteiger partial charge >= 0.3 is 12.0 Å². The summed E-state index contributed by atoms with van der Waals surface area (Å²) in [7, 11) is -3.87. The molecule has 0 spiro atoms. The summed E-state index contributed by atoms with van der Waals surface area (Å²) in [6.07, 6.45) is 0. The number of hydrogen-bond acceptors (Lipinski definition) is 4. The number of carbonyl (C=O) groups excluding carboxylic acids is 1. The molecule has 0 aromatic heterocycles. The Morgan fingerprint density at radius 3 is 2.38 bits per heavy atom. The molecule has 1 aromatic carbocycles. The lowest BCUT2D eigenvalue weighted by molar-refractivity contribution is 0.0696. The van der Waals surface area contributed by atoms with Crippen LogP contribution >= 0.6 is 0 Å². The van der Waals surface area contributed by atoms with E-state index in [1.165, 1.54) is 6.07 Å². The van der Waals surface area contributed by atoms with Crippen molar-refractivity contribution in [2.24, 2.45) is 5.73 Å². The maximum absolute atomic E-state index is 12.2. The van der Waals surface area contributed by atoms with Gasteiger partial charge < -0.3 is 16.2 Å². The summed E-state index contributed by atoms with van der Waals surface area (Å²) in [5.41, 5.74) is 5.78. The fourth-order valence-electron chi connectivity index (χ4n) is 1.68. The molecule has 0 unspecified atom stereocenters. The summed E-state index contributed by atoms with van der Waals surface area (Å²) in [6.45, 7) is 3.21. The van der Waals surface area contributed by atoms with Crippen molar-refractivity contribution in [3.05, 3.63) is 28.8 Å². The third kappa shape index (κ3) is 4.43. The highest BCUT2D eigenvalue weighted by Gasteiger charge is 2.20. The third-order valence-corrected chi connectivity index (χ3v) is 4.46. The smallest absolute Gasteiger partial charge is 0.335 e. The lowest BCUT2D eigenvalue weighted by atomic mass is 10.1. The van der Waals surface area contributed by atoms with Crippen LogP contribution in [0.5, 0.6) is 0 Å². The maximum atomic E-state index is 12.2. The molecule has 0 bridgehead atoms. The maximum Gasteiger partial charge on any atom is 0.335 e. The van der Waals surface area contributed by atoms with Gasteiger partial charge in [0.1, 0.15) is 0 Å². The number of sulfonamides is 1. The number of benzene rings is 1. The third-order valence-electron chi connectivity index (χ3n) is 2.87. The number of nitrogens with two attached hydrogens (primary N) is 1. The molecule has 0 heterocycles. The minimum atomic E-state index is -3.87. The molecule has 0 aliphatic carbocycles. The number of amides is 2. The number of carboxylic acids is 1. The Kier molecular flexibility index (Phi) is 5.28. The van der Waals surface area contributed by atoms with Gasteiger partial charge in [-0.3, -0.25) is 0 Å². The van der Waals surface area contributed by atoms with Gasteiger partial charge in [-0.15, -0.1) is 0 Å². The van der Waals surface area contributed by atoms with Gasteiger partial charge in [-0.2, -0.15) is 0 Å². The number of carboxylic acid groups (broad SMARTS) is 1. The predicted octanol–water partition coefficient (Wildman–Crippen LogP) is -0.0518. The topological polar surface area (TPSA) is 139 Å². The van der Waals surface area contributed by atoms with E-state index in [9.17, 15) is 18.0 Å². The van der Waals surface area contributed by atoms with Crippen LogP contribution in [0.3, 0.4) is 0 Å². The van der Waals surface area contributed by atoms with Crippen molar-refractivity contribution in [1.82, 2.24) is 10.0 Å². The minimum absolute atomic E-state index is 0.0330. The zero-order valence-corrected chi connectivity index (χ0v) is 12.5. The molecule has 1 rings (SSSR count). The SMILES string of the molecule is Cc1cc(C(=O)O)cc(S(=O)(=O)NCCNC(N)=O)c1C. The number of urea groups is 1. The Hall–Kier alpha value is -2.13. The molecule has 0 saturated heterocycles. The van der Waals surface area contributed by atoms with Crippen LogP contribution in [0.25, 0.3) is 0 Å². The number of primary amides is 1. The summed E-state index contributed by atoms with van der Waals surface area (Å²) in [5, 5.41) is 11.2. The van der Waals surface area contributed by atoms with Crippen LogP contribution in [0.15, 0.2) is 17.0 Å². The van der Waals surface area contributed by atoms with Gasteiger partial charge in [0.25, 0.3) is 0 Å². The van der Waals surface area contributed by atoms with Crippen molar-refractivity contribution >= 4 is 22.0 Å². The van der Waals surface area contributed by atoms with Crippen molar-refractivity contribution in [3.8, 4) is 0 Å². The summed E-state index contributed by atoms with van der Waals surface area (Å²) < 4.78 is 26.6. The van der Waals surface area contributed by atoms with Crippen LogP contribution in [0.2, 0.25) is 0 Å². The highest BCUT2D eigenvalue weighted by Crippen LogP contribution is 2.21. The zero-order chi connectivity index (χ0) is 16.2. The second-order valence-electron chi connectivity index (χ2n) is 4.41. The van der Waals surface area contributed by atoms with E-state index >= 15 is 0 Å². The van der Waals surface area contributed by atoms with Gasteiger partial charge in [0.15, 0.2) is 0 Å². The molecule has 0 radical (unpaired) electrons. The number of carbonyl (C=O) groups is 2. The van der Waals surface area contributed by atoms with Crippen molar-refractivity contribution in [2.75, 3.05) is 13.1 Å². The average molecular weight is 315 g/mol. The first-order chi connectivity index (χ1) is 9.65. The highest BCUT2D eigenvalue weighted by atomic mass is 32.2. The second kappa shape index (κ2) is 6.55. The first-order valence-corrected chi connectivity index (χ1v) is 7.51. The molecule has 0 saturated carbocycles. The van der Waals surface area contributed by atoms with Crippen LogP contribution in [0, 0.1) is 13.8 Å². The molecule has 1 aromatic rings. The molecular formula is C12H17N3O5S. The van der Waals surface area contributed by atoms with E-state index in [1.807, 2.05) is 0 Å². The van der Waals surface area contributed by atoms with Gasteiger partial charge in [0, 0.05) is 13.1 Å². The van der Waals surface area contributed by atoms with E-state index in [2.05, 4.69) is 10.0 Å². The fourth-order valence-corrected chi connectivity index (χ4v) is 3.05. The molecule has 0 aliphatic rings. The largest absolute Gasteiger partial charge is 0.478 e. The molecule has 9 heteroatoms. The monoisotopic (exact) mass is 315 g/mol. The van der Waals surface area contributed by atoms with Crippen molar-refractivity contribution < 1.29 is 23.1 Å². The Bertz CT molecular complexity index is 670. The first kappa shape index (κ1) is 16.9. The Morgan fingerprint density at radius 1 is 1.24 bits per heavy atom. The van der Waals surface area contributed by atoms with E-state index in [-0.39, 0.29) is 23.5 Å². The van der Waals surface area contributed by atoms with Crippen LogP contribution in [-0.2, 0) is 10.0 Å². The van der Waals surface area contributed by atoms with E-state index in [4.69, 9.17) is 10.8 Å². The zero-order valence-electron chi connectivity index (χ0n) is 11.6. The molecule has 2 amide bonds. The Morgan fingerprint density at radius 2 is 1.86 bits per heavy atom. The molecule has 116 valence electrons. The van der Waals surface area contributed by atoms with Crippen LogP contribution < -0.4 is 15.8 Å². The van der Waals surface area contributed by atoms with Crippen molar-refractivity contribution in [3.63, 3.8) is 0 Å². The van der Waals surface area contributed by atoms with E-state index in [0.29, 0.717) is 11.1 Å². The summed E-state index contributed by atoms with van der Waals surface area (Å²) in [4.78, 5) is 21.4. The van der Waals surface area contributed by atoms with Crippen molar-refractivity contribution in [1.29, 1.82) is 0 Å². The molecule has 8 nitrogen and oxygen atoms in total. The average Bonchev–Trinajstić information content (AvgIpc) is 2.37. The normalized spacial score (nSPS) is 11.1. The van der Waals surface area contributed by atoms with E-state index in [1.54, 1.807) is 13.8 Å². The number of hydrogen-bond donors (Lipinski definition) is 4. The first-order valence-electron chi connectivity index (χ1n) is 6.02. The van der Waals surface area contributed by atoms with Gasteiger partial charge in [-0.1, -0.05) is 0 Å².